The summed E-state index contributed by atoms with van der Waals surface area (Å²) >= 11 is 0. The van der Waals surface area contributed by atoms with Crippen molar-refractivity contribution in [3.8, 4) is 0 Å². The van der Waals surface area contributed by atoms with Crippen LogP contribution in [0.1, 0.15) is 174 Å². The highest BCUT2D eigenvalue weighted by Gasteiger charge is 2.32. The molecular weight excluding hydrogens is 1850 g/mol. The van der Waals surface area contributed by atoms with Crippen LogP contribution >= 0.6 is 0 Å². The quantitative estimate of drug-likeness (QED) is 0.0518. The molecule has 147 heavy (non-hydrogen) atoms. The van der Waals surface area contributed by atoms with Gasteiger partial charge in [0.25, 0.3) is 0 Å². The fourth-order valence-corrected chi connectivity index (χ4v) is 18.7. The summed E-state index contributed by atoms with van der Waals surface area (Å²) in [6.45, 7) is 68.4. The van der Waals surface area contributed by atoms with Gasteiger partial charge in [0.15, 0.2) is 0 Å². The van der Waals surface area contributed by atoms with E-state index in [0.29, 0.717) is 99.7 Å². The molecule has 8 aliphatic heterocycles. The van der Waals surface area contributed by atoms with Gasteiger partial charge in [-0.3, -0.25) is 112 Å². The minimum absolute atomic E-state index is 0.188. The second kappa shape index (κ2) is 62.3. The van der Waals surface area contributed by atoms with E-state index < -0.39 is 0 Å². The van der Waals surface area contributed by atoms with Crippen LogP contribution in [0.25, 0.3) is 0 Å². The Balaban J connectivity index is 0.000000187. The van der Waals surface area contributed by atoms with E-state index in [2.05, 4.69) is 190 Å². The number of aromatic nitrogens is 11. The Morgan fingerprint density at radius 3 is 0.918 bits per heavy atom. The van der Waals surface area contributed by atoms with Gasteiger partial charge in [-0.05, 0) is 202 Å². The fraction of sp³-hybridized carbons (Fsp3) is 0.625. The van der Waals surface area contributed by atoms with Crippen LogP contribution in [0.5, 0.6) is 0 Å². The van der Waals surface area contributed by atoms with E-state index in [0.717, 1.165) is 272 Å². The van der Waals surface area contributed by atoms with E-state index >= 15 is 0 Å². The average molecular weight is 2030 g/mol. The first-order valence-electron chi connectivity index (χ1n) is 53.9. The minimum atomic E-state index is 0.188. The van der Waals surface area contributed by atoms with Crippen molar-refractivity contribution in [1.82, 2.24) is 132 Å². The average Bonchev–Trinajstić information content (AvgIpc) is 1.47. The van der Waals surface area contributed by atoms with Crippen LogP contribution in [0, 0.1) is 13.8 Å². The number of imidazole rings is 1. The molecule has 35 nitrogen and oxygen atoms in total. The lowest BCUT2D eigenvalue weighted by Gasteiger charge is -2.37. The molecule has 0 spiro atoms. The van der Waals surface area contributed by atoms with E-state index in [-0.39, 0.29) is 47.3 Å². The van der Waals surface area contributed by atoms with Gasteiger partial charge in [-0.1, -0.05) is 30.3 Å². The number of pyridine rings is 5. The molecule has 16 heterocycles. The molecular formula is C112H177N27O8. The zero-order valence-corrected chi connectivity index (χ0v) is 92.8. The molecule has 8 amide bonds. The van der Waals surface area contributed by atoms with Crippen molar-refractivity contribution >= 4 is 47.3 Å². The summed E-state index contributed by atoms with van der Waals surface area (Å²) in [4.78, 5) is 157. The lowest BCUT2D eigenvalue weighted by Crippen LogP contribution is -2.51. The Kier molecular flexibility index (Phi) is 50.6. The highest BCUT2D eigenvalue weighted by atomic mass is 16.2. The van der Waals surface area contributed by atoms with Crippen molar-refractivity contribution in [2.45, 2.75) is 231 Å². The number of nitrogens with zero attached hydrogens (tertiary/aromatic N) is 27. The molecule has 0 radical (unpaired) electrons. The van der Waals surface area contributed by atoms with Gasteiger partial charge in [0.2, 0.25) is 47.3 Å². The molecule has 35 heteroatoms. The smallest absolute Gasteiger partial charge is 0.230 e. The fourth-order valence-electron chi connectivity index (χ4n) is 18.7. The molecule has 0 aliphatic carbocycles. The normalized spacial score (nSPS) is 17.2. The van der Waals surface area contributed by atoms with Crippen molar-refractivity contribution in [2.75, 3.05) is 209 Å². The summed E-state index contributed by atoms with van der Waals surface area (Å²) in [5.41, 5.74) is 8.80. The minimum Gasteiger partial charge on any atom is -0.340 e. The van der Waals surface area contributed by atoms with Gasteiger partial charge >= 0.3 is 0 Å². The van der Waals surface area contributed by atoms with E-state index in [1.54, 1.807) is 52.7 Å². The molecule has 8 saturated heterocycles. The number of rotatable bonds is 25. The van der Waals surface area contributed by atoms with Crippen LogP contribution in [0.3, 0.4) is 0 Å². The van der Waals surface area contributed by atoms with Crippen LogP contribution in [0.15, 0.2) is 147 Å². The number of piperazine rings is 8. The summed E-state index contributed by atoms with van der Waals surface area (Å²) in [5, 5.41) is 8.34. The van der Waals surface area contributed by atoms with Gasteiger partial charge < -0.3 is 43.8 Å². The summed E-state index contributed by atoms with van der Waals surface area (Å²) in [6.07, 6.45) is 24.1. The second-order valence-electron chi connectivity index (χ2n) is 41.9. The molecule has 0 bridgehead atoms. The summed E-state index contributed by atoms with van der Waals surface area (Å²) in [7, 11) is 5.67. The number of aryl methyl sites for hydroxylation is 6. The maximum Gasteiger partial charge on any atom is 0.230 e. The van der Waals surface area contributed by atoms with Crippen molar-refractivity contribution < 1.29 is 38.4 Å². The van der Waals surface area contributed by atoms with E-state index in [1.165, 1.54) is 0 Å². The van der Waals surface area contributed by atoms with Crippen LogP contribution in [0.2, 0.25) is 0 Å². The number of carbonyl (C=O) groups is 8. The first-order valence-corrected chi connectivity index (χ1v) is 53.9. The number of amides is 8. The third kappa shape index (κ3) is 41.7. The highest BCUT2D eigenvalue weighted by molar-refractivity contribution is 5.82. The Hall–Kier alpha value is -11.2. The van der Waals surface area contributed by atoms with E-state index in [4.69, 9.17) is 0 Å². The van der Waals surface area contributed by atoms with Crippen molar-refractivity contribution in [3.05, 3.63) is 204 Å². The third-order valence-electron chi connectivity index (χ3n) is 28.9. The third-order valence-corrected chi connectivity index (χ3v) is 28.9. The van der Waals surface area contributed by atoms with Gasteiger partial charge in [-0.25, -0.2) is 4.98 Å². The van der Waals surface area contributed by atoms with Crippen LogP contribution in [0.4, 0.5) is 0 Å². The predicted molar refractivity (Wildman–Crippen MR) is 581 cm³/mol. The topological polar surface area (TPSA) is 306 Å². The van der Waals surface area contributed by atoms with Gasteiger partial charge in [-0.15, -0.1) is 0 Å². The SMILES string of the molecule is CC(C)N1CCN(C(=O)CCc2cccnc2)CC1.CC(C)N1CCN(C(=O)Cc2ccccn2)CC1.CC(C)N1CCN(C(=O)Cc2cccnc2)CC1.CC(C)N1CCN(C(=O)Cc2ccn(C)n2)CC1.CC(C)N1CCN(C(=O)Cc2ccnn2C)CC1.CC(C)N1CCN(C(=O)Cc2nccn2C)CC1.Cc1ccc(CC(=O)N2CCN(C(C)C)CC2)cn1.Cc1ccc(CC(=O)N2CCN(C(C)C)CC2)nc1. The van der Waals surface area contributed by atoms with Gasteiger partial charge in [0, 0.05) is 376 Å². The molecule has 0 atom stereocenters. The van der Waals surface area contributed by atoms with Crippen LogP contribution < -0.4 is 0 Å². The lowest BCUT2D eigenvalue weighted by molar-refractivity contribution is -0.133. The molecule has 0 aromatic carbocycles. The molecule has 0 unspecified atom stereocenters. The maximum absolute atomic E-state index is 12.2. The molecule has 8 fully saturated rings. The van der Waals surface area contributed by atoms with Crippen molar-refractivity contribution in [1.29, 1.82) is 0 Å². The molecule has 0 N–H and O–H groups in total. The zero-order chi connectivity index (χ0) is 107. The van der Waals surface area contributed by atoms with Crippen molar-refractivity contribution in [3.63, 3.8) is 0 Å². The van der Waals surface area contributed by atoms with Gasteiger partial charge in [0.05, 0.1) is 50.6 Å². The first-order chi connectivity index (χ1) is 70.3. The number of carbonyl (C=O) groups excluding carboxylic acids is 8. The Labute approximate surface area is 878 Å². The molecule has 808 valence electrons. The zero-order valence-electron chi connectivity index (χ0n) is 92.8. The van der Waals surface area contributed by atoms with Gasteiger partial charge in [-0.2, -0.15) is 10.2 Å². The predicted octanol–water partition coefficient (Wildman–Crippen LogP) is 8.44. The highest BCUT2D eigenvalue weighted by Crippen LogP contribution is 2.19. The molecule has 8 aromatic rings. The van der Waals surface area contributed by atoms with Crippen molar-refractivity contribution in [2.24, 2.45) is 21.1 Å². The van der Waals surface area contributed by atoms with Gasteiger partial charge in [0.1, 0.15) is 5.82 Å². The Morgan fingerprint density at radius 2 is 0.619 bits per heavy atom. The van der Waals surface area contributed by atoms with Crippen LogP contribution in [-0.4, -0.2) is 437 Å². The van der Waals surface area contributed by atoms with E-state index in [1.807, 2.05) is 182 Å². The number of hydrogen-bond acceptors (Lipinski definition) is 24. The number of hydrogen-bond donors (Lipinski definition) is 0. The first kappa shape index (κ1) is 119. The summed E-state index contributed by atoms with van der Waals surface area (Å²) in [6, 6.07) is 29.7. The Bertz CT molecular complexity index is 4890. The molecule has 0 saturated carbocycles. The maximum atomic E-state index is 12.2. The molecule has 8 aliphatic rings. The summed E-state index contributed by atoms with van der Waals surface area (Å²) in [5.74, 6) is 2.52. The second-order valence-corrected chi connectivity index (χ2v) is 41.9. The standard InChI is InChI=1S/3C15H23N3O.2C14H21N3O.3C13H22N4O/c1-12(2)17-6-8-18(9-7-17)15(19)10-14-5-4-13(3)16-11-14;1-12(2)17-6-8-18(9-7-17)15(19)10-14-5-4-13(3)11-16-14;1-13(2)17-8-10-18(11-9-17)15(19)6-5-14-4-3-7-16-12-14;1-12(2)16-6-8-17(9-7-16)14(18)10-13-4-3-5-15-11-13;1-12(2)16-7-9-17(10-8-16)14(18)11-13-5-3-4-6-15-13;1-11(2)16-6-8-17(9-7-16)13(18)10-12-14-4-5-15(12)3;1-11(2)16-6-8-17(9-7-16)13(18)10-12-4-5-15(3)14-12;1-11(2)16-6-8-17(9-7-16)13(18)10-12-4-5-14-15(12)3/h2*4-5,11-12H,6-10H2,1-3H3;3-4,7,12-13H,5-6,8-11H2,1-2H3;3-5,11-12H,6-10H2,1-2H3;3-6,12H,7-11H2,1-2H3;3*4-5,11H,6-10H2,1-3H3. The monoisotopic (exact) mass is 2030 g/mol. The van der Waals surface area contributed by atoms with E-state index in [9.17, 15) is 38.4 Å². The lowest BCUT2D eigenvalue weighted by atomic mass is 10.1. The summed E-state index contributed by atoms with van der Waals surface area (Å²) < 4.78 is 5.41. The largest absolute Gasteiger partial charge is 0.340 e. The molecule has 16 rings (SSSR count). The Morgan fingerprint density at radius 1 is 0.272 bits per heavy atom. The van der Waals surface area contributed by atoms with Crippen LogP contribution in [-0.2, 0) is 111 Å². The molecule has 8 aromatic heterocycles.